The number of methoxy groups -OCH3 is 1. The molecule has 27 heavy (non-hydrogen) atoms. The Hall–Kier alpha value is -2.80. The van der Waals surface area contributed by atoms with E-state index in [1.165, 1.54) is 0 Å². The van der Waals surface area contributed by atoms with Crippen molar-refractivity contribution in [1.82, 2.24) is 19.7 Å². The molecule has 2 aromatic heterocycles. The van der Waals surface area contributed by atoms with Gasteiger partial charge in [-0.1, -0.05) is 11.6 Å². The van der Waals surface area contributed by atoms with E-state index in [4.69, 9.17) is 21.1 Å². The molecule has 0 atom stereocenters. The van der Waals surface area contributed by atoms with Crippen molar-refractivity contribution in [2.75, 3.05) is 19.0 Å². The first-order valence-electron chi connectivity index (χ1n) is 8.60. The smallest absolute Gasteiger partial charge is 0.179 e. The average Bonchev–Trinajstić information content (AvgIpc) is 3.00. The van der Waals surface area contributed by atoms with Gasteiger partial charge in [0.25, 0.3) is 0 Å². The molecule has 0 saturated heterocycles. The van der Waals surface area contributed by atoms with Crippen molar-refractivity contribution < 1.29 is 9.47 Å². The van der Waals surface area contributed by atoms with Gasteiger partial charge in [0.05, 0.1) is 36.8 Å². The minimum absolute atomic E-state index is 0.510. The standard InChI is InChI=1S/C19H22ClN5O2/c1-5-27-19-15(20)7-14(8-16(19)26-4)9-22-17-10-21-11-18(23-17)25-13(3)6-12(2)24-25/h6-8,10-11H,5,9H2,1-4H3,(H,22,23). The van der Waals surface area contributed by atoms with Crippen LogP contribution in [0.3, 0.4) is 0 Å². The molecule has 0 spiro atoms. The third-order valence-corrected chi connectivity index (χ3v) is 4.18. The van der Waals surface area contributed by atoms with Crippen LogP contribution in [0.4, 0.5) is 5.82 Å². The summed E-state index contributed by atoms with van der Waals surface area (Å²) in [5.74, 6) is 2.46. The minimum Gasteiger partial charge on any atom is -0.493 e. The van der Waals surface area contributed by atoms with E-state index in [0.29, 0.717) is 41.3 Å². The Labute approximate surface area is 163 Å². The maximum absolute atomic E-state index is 6.33. The Bertz CT molecular complexity index is 942. The molecule has 0 unspecified atom stereocenters. The van der Waals surface area contributed by atoms with Gasteiger partial charge in [0.15, 0.2) is 17.3 Å². The van der Waals surface area contributed by atoms with Crippen LogP contribution in [-0.4, -0.2) is 33.5 Å². The van der Waals surface area contributed by atoms with Gasteiger partial charge in [-0.25, -0.2) is 9.67 Å². The fourth-order valence-electron chi connectivity index (χ4n) is 2.76. The second-order valence-corrected chi connectivity index (χ2v) is 6.40. The Morgan fingerprint density at radius 2 is 2.00 bits per heavy atom. The summed E-state index contributed by atoms with van der Waals surface area (Å²) in [4.78, 5) is 8.84. The SMILES string of the molecule is CCOc1c(Cl)cc(CNc2cncc(-n3nc(C)cc3C)n2)cc1OC. The number of hydrogen-bond donors (Lipinski definition) is 1. The molecular weight excluding hydrogens is 366 g/mol. The van der Waals surface area contributed by atoms with Crippen molar-refractivity contribution in [2.45, 2.75) is 27.3 Å². The molecule has 0 saturated carbocycles. The molecule has 2 heterocycles. The third kappa shape index (κ3) is 4.31. The van der Waals surface area contributed by atoms with Gasteiger partial charge in [0.2, 0.25) is 0 Å². The van der Waals surface area contributed by atoms with Gasteiger partial charge in [-0.2, -0.15) is 5.10 Å². The molecule has 0 fully saturated rings. The molecule has 0 amide bonds. The predicted molar refractivity (Wildman–Crippen MR) is 105 cm³/mol. The first kappa shape index (κ1) is 19.0. The van der Waals surface area contributed by atoms with E-state index in [-0.39, 0.29) is 0 Å². The Morgan fingerprint density at radius 1 is 1.19 bits per heavy atom. The van der Waals surface area contributed by atoms with E-state index in [1.54, 1.807) is 24.2 Å². The average molecular weight is 388 g/mol. The van der Waals surface area contributed by atoms with Gasteiger partial charge in [-0.15, -0.1) is 0 Å². The van der Waals surface area contributed by atoms with E-state index >= 15 is 0 Å². The van der Waals surface area contributed by atoms with Crippen molar-refractivity contribution in [3.8, 4) is 17.3 Å². The normalized spacial score (nSPS) is 10.7. The fraction of sp³-hybridized carbons (Fsp3) is 0.316. The van der Waals surface area contributed by atoms with Crippen molar-refractivity contribution in [3.05, 3.63) is 52.6 Å². The van der Waals surface area contributed by atoms with Gasteiger partial charge < -0.3 is 14.8 Å². The van der Waals surface area contributed by atoms with Crippen molar-refractivity contribution in [1.29, 1.82) is 0 Å². The number of ether oxygens (including phenoxy) is 2. The highest BCUT2D eigenvalue weighted by Crippen LogP contribution is 2.36. The summed E-state index contributed by atoms with van der Waals surface area (Å²) in [7, 11) is 1.59. The zero-order chi connectivity index (χ0) is 19.4. The topological polar surface area (TPSA) is 74.1 Å². The number of nitrogens with one attached hydrogen (secondary N) is 1. The first-order chi connectivity index (χ1) is 13.0. The number of hydrogen-bond acceptors (Lipinski definition) is 6. The molecular formula is C19H22ClN5O2. The van der Waals surface area contributed by atoms with E-state index in [1.807, 2.05) is 39.0 Å². The van der Waals surface area contributed by atoms with Crippen LogP contribution in [0.2, 0.25) is 5.02 Å². The number of aromatic nitrogens is 4. The highest BCUT2D eigenvalue weighted by atomic mass is 35.5. The van der Waals surface area contributed by atoms with Crippen LogP contribution in [0.25, 0.3) is 5.82 Å². The summed E-state index contributed by atoms with van der Waals surface area (Å²) in [5, 5.41) is 8.21. The van der Waals surface area contributed by atoms with Crippen LogP contribution >= 0.6 is 11.6 Å². The van der Waals surface area contributed by atoms with Crippen LogP contribution in [0.1, 0.15) is 23.9 Å². The Kier molecular flexibility index (Phi) is 5.81. The molecule has 1 N–H and O–H groups in total. The zero-order valence-electron chi connectivity index (χ0n) is 15.8. The van der Waals surface area contributed by atoms with Crippen LogP contribution < -0.4 is 14.8 Å². The molecule has 142 valence electrons. The molecule has 3 rings (SSSR count). The minimum atomic E-state index is 0.510. The second kappa shape index (κ2) is 8.26. The molecule has 0 radical (unpaired) electrons. The van der Waals surface area contributed by atoms with Crippen molar-refractivity contribution >= 4 is 17.4 Å². The predicted octanol–water partition coefficient (Wildman–Crippen LogP) is 3.95. The summed E-state index contributed by atoms with van der Waals surface area (Å²) in [6, 6.07) is 5.73. The molecule has 0 aliphatic rings. The van der Waals surface area contributed by atoms with Gasteiger partial charge >= 0.3 is 0 Å². The second-order valence-electron chi connectivity index (χ2n) is 6.00. The van der Waals surface area contributed by atoms with Gasteiger partial charge in [-0.3, -0.25) is 4.98 Å². The maximum atomic E-state index is 6.33. The fourth-order valence-corrected chi connectivity index (χ4v) is 3.04. The molecule has 1 aromatic carbocycles. The number of nitrogens with zero attached hydrogens (tertiary/aromatic N) is 4. The number of aryl methyl sites for hydroxylation is 2. The lowest BCUT2D eigenvalue weighted by molar-refractivity contribution is 0.311. The van der Waals surface area contributed by atoms with Crippen LogP contribution in [0.5, 0.6) is 11.5 Å². The Balaban J connectivity index is 1.78. The summed E-state index contributed by atoms with van der Waals surface area (Å²) in [5.41, 5.74) is 2.88. The van der Waals surface area contributed by atoms with Crippen LogP contribution in [0, 0.1) is 13.8 Å². The van der Waals surface area contributed by atoms with Gasteiger partial charge in [-0.05, 0) is 44.5 Å². The number of anilines is 1. The zero-order valence-corrected chi connectivity index (χ0v) is 16.5. The van der Waals surface area contributed by atoms with Crippen LogP contribution in [0.15, 0.2) is 30.6 Å². The lowest BCUT2D eigenvalue weighted by Gasteiger charge is -2.14. The number of halogens is 1. The third-order valence-electron chi connectivity index (χ3n) is 3.90. The lowest BCUT2D eigenvalue weighted by Crippen LogP contribution is -2.07. The van der Waals surface area contributed by atoms with Gasteiger partial charge in [0, 0.05) is 12.2 Å². The molecule has 8 heteroatoms. The van der Waals surface area contributed by atoms with Crippen LogP contribution in [-0.2, 0) is 6.54 Å². The number of rotatable bonds is 7. The summed E-state index contributed by atoms with van der Waals surface area (Å²) in [6.45, 7) is 6.86. The molecule has 7 nitrogen and oxygen atoms in total. The van der Waals surface area contributed by atoms with Crippen molar-refractivity contribution in [3.63, 3.8) is 0 Å². The lowest BCUT2D eigenvalue weighted by atomic mass is 10.2. The van der Waals surface area contributed by atoms with Crippen molar-refractivity contribution in [2.24, 2.45) is 0 Å². The summed E-state index contributed by atoms with van der Waals surface area (Å²) in [6.07, 6.45) is 3.35. The van der Waals surface area contributed by atoms with E-state index in [9.17, 15) is 0 Å². The molecule has 3 aromatic rings. The quantitative estimate of drug-likeness (QED) is 0.661. The largest absolute Gasteiger partial charge is 0.493 e. The summed E-state index contributed by atoms with van der Waals surface area (Å²) >= 11 is 6.33. The first-order valence-corrected chi connectivity index (χ1v) is 8.98. The molecule has 0 aliphatic carbocycles. The van der Waals surface area contributed by atoms with E-state index in [2.05, 4.69) is 20.4 Å². The highest BCUT2D eigenvalue weighted by molar-refractivity contribution is 6.32. The molecule has 0 aliphatic heterocycles. The monoisotopic (exact) mass is 387 g/mol. The van der Waals surface area contributed by atoms with Gasteiger partial charge in [0.1, 0.15) is 5.82 Å². The summed E-state index contributed by atoms with van der Waals surface area (Å²) < 4.78 is 12.7. The van der Waals surface area contributed by atoms with E-state index < -0.39 is 0 Å². The molecule has 0 bridgehead atoms. The van der Waals surface area contributed by atoms with E-state index in [0.717, 1.165) is 17.0 Å². The maximum Gasteiger partial charge on any atom is 0.179 e. The Morgan fingerprint density at radius 3 is 2.67 bits per heavy atom. The highest BCUT2D eigenvalue weighted by Gasteiger charge is 2.12. The number of benzene rings is 1.